The Bertz CT molecular complexity index is 495. The third-order valence-electron chi connectivity index (χ3n) is 3.40. The highest BCUT2D eigenvalue weighted by atomic mass is 16.4. The van der Waals surface area contributed by atoms with Gasteiger partial charge in [-0.3, -0.25) is 0 Å². The maximum atomic E-state index is 6.13. The van der Waals surface area contributed by atoms with Crippen molar-refractivity contribution < 1.29 is 4.42 Å². The highest BCUT2D eigenvalue weighted by Gasteiger charge is 2.15. The van der Waals surface area contributed by atoms with Gasteiger partial charge in [-0.1, -0.05) is 62.9 Å². The molecule has 108 valence electrons. The van der Waals surface area contributed by atoms with Crippen molar-refractivity contribution in [3.63, 3.8) is 0 Å². The second-order valence-electron chi connectivity index (χ2n) is 5.09. The molecular formula is C16H23N3O. The lowest BCUT2D eigenvalue weighted by molar-refractivity contribution is 0.427. The minimum atomic E-state index is -0.336. The van der Waals surface area contributed by atoms with Crippen molar-refractivity contribution in [1.82, 2.24) is 10.2 Å². The summed E-state index contributed by atoms with van der Waals surface area (Å²) >= 11 is 0. The van der Waals surface area contributed by atoms with E-state index in [-0.39, 0.29) is 6.04 Å². The van der Waals surface area contributed by atoms with Crippen molar-refractivity contribution >= 4 is 0 Å². The van der Waals surface area contributed by atoms with Gasteiger partial charge >= 0.3 is 0 Å². The van der Waals surface area contributed by atoms with Crippen LogP contribution in [0.1, 0.15) is 62.4 Å². The van der Waals surface area contributed by atoms with Crippen LogP contribution >= 0.6 is 0 Å². The van der Waals surface area contributed by atoms with Crippen LogP contribution in [0.3, 0.4) is 0 Å². The fourth-order valence-electron chi connectivity index (χ4n) is 2.18. The lowest BCUT2D eigenvalue weighted by Crippen LogP contribution is -2.11. The molecule has 2 aromatic rings. The van der Waals surface area contributed by atoms with Crippen LogP contribution in [0.2, 0.25) is 0 Å². The molecule has 0 spiro atoms. The van der Waals surface area contributed by atoms with Crippen LogP contribution < -0.4 is 5.73 Å². The van der Waals surface area contributed by atoms with Gasteiger partial charge < -0.3 is 10.2 Å². The van der Waals surface area contributed by atoms with Crippen LogP contribution in [0.5, 0.6) is 0 Å². The van der Waals surface area contributed by atoms with Crippen molar-refractivity contribution in [2.75, 3.05) is 0 Å². The molecule has 1 atom stereocenters. The molecule has 0 aliphatic carbocycles. The number of aromatic nitrogens is 2. The predicted octanol–water partition coefficient (Wildman–Crippen LogP) is 3.63. The normalized spacial score (nSPS) is 12.5. The molecule has 0 aliphatic rings. The van der Waals surface area contributed by atoms with Gasteiger partial charge in [0.1, 0.15) is 6.04 Å². The van der Waals surface area contributed by atoms with E-state index in [9.17, 15) is 0 Å². The number of hydrogen-bond acceptors (Lipinski definition) is 4. The van der Waals surface area contributed by atoms with E-state index in [2.05, 4.69) is 17.1 Å². The Labute approximate surface area is 120 Å². The van der Waals surface area contributed by atoms with Gasteiger partial charge in [0, 0.05) is 6.42 Å². The minimum Gasteiger partial charge on any atom is -0.423 e. The highest BCUT2D eigenvalue weighted by molar-refractivity contribution is 5.22. The van der Waals surface area contributed by atoms with Gasteiger partial charge in [0.25, 0.3) is 0 Å². The number of rotatable bonds is 8. The SMILES string of the molecule is CCCCCCCc1nnc(C(N)c2ccccc2)o1. The molecule has 0 fully saturated rings. The maximum Gasteiger partial charge on any atom is 0.237 e. The van der Waals surface area contributed by atoms with Crippen LogP contribution in [0.25, 0.3) is 0 Å². The zero-order chi connectivity index (χ0) is 14.2. The van der Waals surface area contributed by atoms with Gasteiger partial charge in [-0.2, -0.15) is 0 Å². The van der Waals surface area contributed by atoms with Crippen LogP contribution in [0.15, 0.2) is 34.7 Å². The van der Waals surface area contributed by atoms with E-state index in [1.165, 1.54) is 25.7 Å². The zero-order valence-electron chi connectivity index (χ0n) is 12.1. The third kappa shape index (κ3) is 4.17. The topological polar surface area (TPSA) is 64.9 Å². The Hall–Kier alpha value is -1.68. The van der Waals surface area contributed by atoms with Gasteiger partial charge in [-0.15, -0.1) is 10.2 Å². The molecule has 0 saturated heterocycles. The molecule has 0 radical (unpaired) electrons. The van der Waals surface area contributed by atoms with Crippen molar-refractivity contribution in [3.8, 4) is 0 Å². The molecule has 1 heterocycles. The van der Waals surface area contributed by atoms with Crippen molar-refractivity contribution in [3.05, 3.63) is 47.7 Å². The molecule has 0 aliphatic heterocycles. The molecule has 2 rings (SSSR count). The molecule has 1 unspecified atom stereocenters. The van der Waals surface area contributed by atoms with Crippen LogP contribution in [-0.4, -0.2) is 10.2 Å². The maximum absolute atomic E-state index is 6.13. The van der Waals surface area contributed by atoms with Gasteiger partial charge in [-0.25, -0.2) is 0 Å². The number of aryl methyl sites for hydroxylation is 1. The Morgan fingerprint density at radius 3 is 2.55 bits per heavy atom. The molecule has 0 amide bonds. The number of hydrogen-bond donors (Lipinski definition) is 1. The second-order valence-corrected chi connectivity index (χ2v) is 5.09. The summed E-state index contributed by atoms with van der Waals surface area (Å²) in [5.74, 6) is 1.20. The summed E-state index contributed by atoms with van der Waals surface area (Å²) in [5, 5.41) is 8.15. The number of unbranched alkanes of at least 4 members (excludes halogenated alkanes) is 4. The zero-order valence-corrected chi connectivity index (χ0v) is 12.1. The average molecular weight is 273 g/mol. The Kier molecular flexibility index (Phi) is 5.74. The highest BCUT2D eigenvalue weighted by Crippen LogP contribution is 2.18. The Morgan fingerprint density at radius 2 is 1.80 bits per heavy atom. The Morgan fingerprint density at radius 1 is 1.05 bits per heavy atom. The summed E-state index contributed by atoms with van der Waals surface area (Å²) < 4.78 is 5.66. The van der Waals surface area contributed by atoms with E-state index < -0.39 is 0 Å². The van der Waals surface area contributed by atoms with E-state index in [4.69, 9.17) is 10.2 Å². The van der Waals surface area contributed by atoms with Crippen LogP contribution in [-0.2, 0) is 6.42 Å². The third-order valence-corrected chi connectivity index (χ3v) is 3.40. The molecule has 4 heteroatoms. The largest absolute Gasteiger partial charge is 0.423 e. The minimum absolute atomic E-state index is 0.336. The first-order valence-corrected chi connectivity index (χ1v) is 7.44. The van der Waals surface area contributed by atoms with Gasteiger partial charge in [0.05, 0.1) is 0 Å². The molecule has 1 aromatic carbocycles. The van der Waals surface area contributed by atoms with Gasteiger partial charge in [0.15, 0.2) is 0 Å². The summed E-state index contributed by atoms with van der Waals surface area (Å²) in [6, 6.07) is 9.49. The summed E-state index contributed by atoms with van der Waals surface area (Å²) in [6.45, 7) is 2.22. The van der Waals surface area contributed by atoms with E-state index in [0.717, 1.165) is 18.4 Å². The Balaban J connectivity index is 1.85. The first-order chi connectivity index (χ1) is 9.81. The van der Waals surface area contributed by atoms with Crippen molar-refractivity contribution in [2.45, 2.75) is 51.5 Å². The van der Waals surface area contributed by atoms with E-state index in [1.807, 2.05) is 30.3 Å². The van der Waals surface area contributed by atoms with Crippen molar-refractivity contribution in [1.29, 1.82) is 0 Å². The van der Waals surface area contributed by atoms with Gasteiger partial charge in [0.2, 0.25) is 11.8 Å². The number of nitrogens with two attached hydrogens (primary N) is 1. The first kappa shape index (κ1) is 14.7. The summed E-state index contributed by atoms with van der Waals surface area (Å²) in [6.07, 6.45) is 7.00. The standard InChI is InChI=1S/C16H23N3O/c1-2-3-4-5-9-12-14-18-19-16(20-14)15(17)13-10-7-6-8-11-13/h6-8,10-11,15H,2-5,9,12,17H2,1H3. The lowest BCUT2D eigenvalue weighted by Gasteiger charge is -2.06. The van der Waals surface area contributed by atoms with Crippen LogP contribution in [0.4, 0.5) is 0 Å². The number of nitrogens with zero attached hydrogens (tertiary/aromatic N) is 2. The van der Waals surface area contributed by atoms with Gasteiger partial charge in [-0.05, 0) is 12.0 Å². The number of benzene rings is 1. The summed E-state index contributed by atoms with van der Waals surface area (Å²) in [5.41, 5.74) is 7.12. The van der Waals surface area contributed by atoms with E-state index >= 15 is 0 Å². The first-order valence-electron chi connectivity index (χ1n) is 7.44. The molecular weight excluding hydrogens is 250 g/mol. The van der Waals surface area contributed by atoms with E-state index in [1.54, 1.807) is 0 Å². The van der Waals surface area contributed by atoms with Crippen LogP contribution in [0, 0.1) is 0 Å². The fraction of sp³-hybridized carbons (Fsp3) is 0.500. The summed E-state index contributed by atoms with van der Waals surface area (Å²) in [4.78, 5) is 0. The average Bonchev–Trinajstić information content (AvgIpc) is 2.96. The lowest BCUT2D eigenvalue weighted by atomic mass is 10.1. The second kappa shape index (κ2) is 7.80. The van der Waals surface area contributed by atoms with Crippen molar-refractivity contribution in [2.24, 2.45) is 5.73 Å². The molecule has 2 N–H and O–H groups in total. The predicted molar refractivity (Wildman–Crippen MR) is 79.2 cm³/mol. The molecule has 20 heavy (non-hydrogen) atoms. The fourth-order valence-corrected chi connectivity index (χ4v) is 2.18. The monoisotopic (exact) mass is 273 g/mol. The molecule has 0 bridgehead atoms. The smallest absolute Gasteiger partial charge is 0.237 e. The van der Waals surface area contributed by atoms with E-state index in [0.29, 0.717) is 11.8 Å². The molecule has 1 aromatic heterocycles. The molecule has 4 nitrogen and oxygen atoms in total. The summed E-state index contributed by atoms with van der Waals surface area (Å²) in [7, 11) is 0. The molecule has 0 saturated carbocycles. The quantitative estimate of drug-likeness (QED) is 0.746.